The van der Waals surface area contributed by atoms with Crippen molar-refractivity contribution in [2.75, 3.05) is 0 Å². The molecule has 0 radical (unpaired) electrons. The van der Waals surface area contributed by atoms with Gasteiger partial charge in [-0.3, -0.25) is 4.79 Å². The van der Waals surface area contributed by atoms with Gasteiger partial charge in [-0.25, -0.2) is 0 Å². The van der Waals surface area contributed by atoms with Crippen molar-refractivity contribution in [3.05, 3.63) is 35.4 Å². The molecule has 0 bridgehead atoms. The molecule has 0 unspecified atom stereocenters. The summed E-state index contributed by atoms with van der Waals surface area (Å²) >= 11 is 0. The van der Waals surface area contributed by atoms with Crippen molar-refractivity contribution in [1.82, 2.24) is 0 Å². The molecular formula is C14H20O. The molecule has 0 atom stereocenters. The Bertz CT molecular complexity index is 309. The van der Waals surface area contributed by atoms with Crippen molar-refractivity contribution >= 4 is 5.78 Å². The number of Topliss-reactive ketones (excluding diaryl/α,β-unsaturated/α-hetero) is 1. The van der Waals surface area contributed by atoms with E-state index in [1.807, 2.05) is 6.92 Å². The van der Waals surface area contributed by atoms with Gasteiger partial charge in [-0.05, 0) is 23.5 Å². The molecule has 0 aromatic heterocycles. The van der Waals surface area contributed by atoms with Crippen LogP contribution in [0.5, 0.6) is 0 Å². The average Bonchev–Trinajstić information content (AvgIpc) is 2.18. The smallest absolute Gasteiger partial charge is 0.137 e. The van der Waals surface area contributed by atoms with Crippen LogP contribution in [0.15, 0.2) is 24.3 Å². The van der Waals surface area contributed by atoms with Crippen LogP contribution in [-0.2, 0) is 11.2 Å². The molecule has 0 N–H and O–H groups in total. The number of rotatable bonds is 5. The third-order valence-electron chi connectivity index (χ3n) is 2.58. The summed E-state index contributed by atoms with van der Waals surface area (Å²) in [5.74, 6) is 0.903. The maximum Gasteiger partial charge on any atom is 0.137 e. The van der Waals surface area contributed by atoms with Gasteiger partial charge in [0.25, 0.3) is 0 Å². The van der Waals surface area contributed by atoms with Crippen molar-refractivity contribution in [3.8, 4) is 0 Å². The van der Waals surface area contributed by atoms with Gasteiger partial charge in [0.15, 0.2) is 0 Å². The first-order valence-corrected chi connectivity index (χ1v) is 5.74. The van der Waals surface area contributed by atoms with Gasteiger partial charge < -0.3 is 0 Å². The molecule has 0 aliphatic rings. The first kappa shape index (κ1) is 12.0. The van der Waals surface area contributed by atoms with E-state index in [0.717, 1.165) is 12.0 Å². The summed E-state index contributed by atoms with van der Waals surface area (Å²) in [5.41, 5.74) is 2.47. The van der Waals surface area contributed by atoms with Crippen molar-refractivity contribution in [1.29, 1.82) is 0 Å². The molecule has 0 fully saturated rings. The summed E-state index contributed by atoms with van der Waals surface area (Å²) in [6.45, 7) is 6.40. The van der Waals surface area contributed by atoms with Crippen LogP contribution in [0.4, 0.5) is 0 Å². The average molecular weight is 204 g/mol. The van der Waals surface area contributed by atoms with E-state index >= 15 is 0 Å². The Labute approximate surface area is 92.5 Å². The first-order chi connectivity index (χ1) is 7.13. The quantitative estimate of drug-likeness (QED) is 0.714. The maximum atomic E-state index is 11.4. The van der Waals surface area contributed by atoms with E-state index in [1.54, 1.807) is 0 Å². The van der Waals surface area contributed by atoms with E-state index in [4.69, 9.17) is 0 Å². The number of ketones is 1. The van der Waals surface area contributed by atoms with E-state index in [2.05, 4.69) is 38.1 Å². The fourth-order valence-corrected chi connectivity index (χ4v) is 1.62. The van der Waals surface area contributed by atoms with E-state index in [1.165, 1.54) is 5.56 Å². The summed E-state index contributed by atoms with van der Waals surface area (Å²) in [6, 6.07) is 8.39. The van der Waals surface area contributed by atoms with E-state index < -0.39 is 0 Å². The van der Waals surface area contributed by atoms with Crippen LogP contribution >= 0.6 is 0 Å². The van der Waals surface area contributed by atoms with Crippen LogP contribution in [0.3, 0.4) is 0 Å². The van der Waals surface area contributed by atoms with E-state index in [-0.39, 0.29) is 0 Å². The fraction of sp³-hybridized carbons (Fsp3) is 0.500. The number of hydrogen-bond acceptors (Lipinski definition) is 1. The molecular weight excluding hydrogens is 184 g/mol. The Morgan fingerprint density at radius 1 is 1.20 bits per heavy atom. The predicted octanol–water partition coefficient (Wildman–Crippen LogP) is 3.72. The second-order valence-corrected chi connectivity index (χ2v) is 4.36. The molecule has 1 heteroatoms. The summed E-state index contributed by atoms with van der Waals surface area (Å²) in [7, 11) is 0. The highest BCUT2D eigenvalue weighted by atomic mass is 16.1. The normalized spacial score (nSPS) is 10.7. The zero-order valence-electron chi connectivity index (χ0n) is 9.92. The van der Waals surface area contributed by atoms with Gasteiger partial charge >= 0.3 is 0 Å². The zero-order chi connectivity index (χ0) is 11.3. The van der Waals surface area contributed by atoms with Crippen molar-refractivity contribution in [3.63, 3.8) is 0 Å². The minimum Gasteiger partial charge on any atom is -0.299 e. The van der Waals surface area contributed by atoms with Crippen molar-refractivity contribution < 1.29 is 4.79 Å². The lowest BCUT2D eigenvalue weighted by molar-refractivity contribution is -0.118. The summed E-state index contributed by atoms with van der Waals surface area (Å²) < 4.78 is 0. The number of hydrogen-bond donors (Lipinski definition) is 0. The highest BCUT2D eigenvalue weighted by Gasteiger charge is 2.03. The molecule has 0 saturated carbocycles. The van der Waals surface area contributed by atoms with Gasteiger partial charge in [0, 0.05) is 12.8 Å². The van der Waals surface area contributed by atoms with Crippen LogP contribution in [0.2, 0.25) is 0 Å². The van der Waals surface area contributed by atoms with E-state index in [0.29, 0.717) is 24.5 Å². The fourth-order valence-electron chi connectivity index (χ4n) is 1.62. The Kier molecular flexibility index (Phi) is 4.54. The topological polar surface area (TPSA) is 17.1 Å². The molecule has 0 aliphatic carbocycles. The molecule has 82 valence electrons. The predicted molar refractivity (Wildman–Crippen MR) is 64.2 cm³/mol. The number of carbonyl (C=O) groups is 1. The second kappa shape index (κ2) is 5.69. The third-order valence-corrected chi connectivity index (χ3v) is 2.58. The standard InChI is InChI=1S/C14H20O/c1-4-5-14(15)10-12-6-8-13(9-7-12)11(2)3/h6-9,11H,4-5,10H2,1-3H3. The highest BCUT2D eigenvalue weighted by molar-refractivity contribution is 5.80. The molecule has 1 aromatic carbocycles. The maximum absolute atomic E-state index is 11.4. The Hall–Kier alpha value is -1.11. The monoisotopic (exact) mass is 204 g/mol. The molecule has 0 spiro atoms. The Morgan fingerprint density at radius 2 is 1.80 bits per heavy atom. The van der Waals surface area contributed by atoms with Gasteiger partial charge in [-0.15, -0.1) is 0 Å². The minimum atomic E-state index is 0.342. The van der Waals surface area contributed by atoms with Crippen LogP contribution in [0.1, 0.15) is 50.7 Å². The number of carbonyl (C=O) groups excluding carboxylic acids is 1. The molecule has 0 amide bonds. The summed E-state index contributed by atoms with van der Waals surface area (Å²) in [4.78, 5) is 11.4. The molecule has 0 heterocycles. The van der Waals surface area contributed by atoms with Crippen molar-refractivity contribution in [2.24, 2.45) is 0 Å². The SMILES string of the molecule is CCCC(=O)Cc1ccc(C(C)C)cc1. The zero-order valence-corrected chi connectivity index (χ0v) is 9.92. The first-order valence-electron chi connectivity index (χ1n) is 5.74. The molecule has 0 saturated heterocycles. The molecule has 1 nitrogen and oxygen atoms in total. The molecule has 0 aliphatic heterocycles. The van der Waals surface area contributed by atoms with Crippen molar-refractivity contribution in [2.45, 2.75) is 46.0 Å². The van der Waals surface area contributed by atoms with Gasteiger partial charge in [0.05, 0.1) is 0 Å². The lowest BCUT2D eigenvalue weighted by atomic mass is 9.99. The van der Waals surface area contributed by atoms with Gasteiger partial charge in [0.2, 0.25) is 0 Å². The largest absolute Gasteiger partial charge is 0.299 e. The van der Waals surface area contributed by atoms with Crippen LogP contribution in [-0.4, -0.2) is 5.78 Å². The summed E-state index contributed by atoms with van der Waals surface area (Å²) in [5, 5.41) is 0. The Balaban J connectivity index is 2.60. The molecule has 1 aromatic rings. The third kappa shape index (κ3) is 3.86. The van der Waals surface area contributed by atoms with E-state index in [9.17, 15) is 4.79 Å². The van der Waals surface area contributed by atoms with Gasteiger partial charge in [-0.1, -0.05) is 45.0 Å². The lowest BCUT2D eigenvalue weighted by Gasteiger charge is -2.06. The highest BCUT2D eigenvalue weighted by Crippen LogP contribution is 2.15. The summed E-state index contributed by atoms with van der Waals surface area (Å²) in [6.07, 6.45) is 2.24. The van der Waals surface area contributed by atoms with Crippen LogP contribution in [0, 0.1) is 0 Å². The number of benzene rings is 1. The lowest BCUT2D eigenvalue weighted by Crippen LogP contribution is -2.01. The minimum absolute atomic E-state index is 0.342. The van der Waals surface area contributed by atoms with Gasteiger partial charge in [0.1, 0.15) is 5.78 Å². The van der Waals surface area contributed by atoms with Crippen LogP contribution < -0.4 is 0 Å². The molecule has 1 rings (SSSR count). The molecule has 15 heavy (non-hydrogen) atoms. The second-order valence-electron chi connectivity index (χ2n) is 4.36. The Morgan fingerprint density at radius 3 is 2.27 bits per heavy atom. The van der Waals surface area contributed by atoms with Crippen LogP contribution in [0.25, 0.3) is 0 Å². The van der Waals surface area contributed by atoms with Gasteiger partial charge in [-0.2, -0.15) is 0 Å².